The van der Waals surface area contributed by atoms with E-state index in [2.05, 4.69) is 40.7 Å². The molecule has 1 N–H and O–H groups in total. The number of benzene rings is 1. The molecule has 0 aromatic heterocycles. The third kappa shape index (κ3) is 3.30. The van der Waals surface area contributed by atoms with Gasteiger partial charge >= 0.3 is 0 Å². The first-order valence-corrected chi connectivity index (χ1v) is 6.22. The normalized spacial score (nSPS) is 15.9. The Bertz CT molecular complexity index is 300. The van der Waals surface area contributed by atoms with Gasteiger partial charge in [-0.25, -0.2) is 0 Å². The molecule has 0 unspecified atom stereocenters. The van der Waals surface area contributed by atoms with Gasteiger partial charge in [-0.05, 0) is 24.5 Å². The Morgan fingerprint density at radius 3 is 2.67 bits per heavy atom. The summed E-state index contributed by atoms with van der Waals surface area (Å²) in [6.45, 7) is 4.45. The lowest BCUT2D eigenvalue weighted by Gasteiger charge is -2.29. The first kappa shape index (κ1) is 12.7. The number of anilines is 1. The maximum atomic E-state index is 3.37. The summed E-state index contributed by atoms with van der Waals surface area (Å²) >= 11 is 1.80. The van der Waals surface area contributed by atoms with E-state index in [-0.39, 0.29) is 12.4 Å². The van der Waals surface area contributed by atoms with Crippen LogP contribution in [0.5, 0.6) is 0 Å². The molecular weight excluding hydrogens is 228 g/mol. The maximum Gasteiger partial charge on any atom is 0.0378 e. The van der Waals surface area contributed by atoms with Crippen LogP contribution in [0.2, 0.25) is 0 Å². The predicted octanol–water partition coefficient (Wildman–Crippen LogP) is 2.24. The summed E-state index contributed by atoms with van der Waals surface area (Å²) in [7, 11) is 0. The van der Waals surface area contributed by atoms with Gasteiger partial charge in [-0.3, -0.25) is 0 Å². The second-order valence-electron chi connectivity index (χ2n) is 3.44. The summed E-state index contributed by atoms with van der Waals surface area (Å²) in [4.78, 5) is 3.79. The van der Waals surface area contributed by atoms with Crippen LogP contribution in [-0.4, -0.2) is 32.4 Å². The molecule has 1 aromatic rings. The minimum atomic E-state index is 0. The predicted molar refractivity (Wildman–Crippen MR) is 70.6 cm³/mol. The molecule has 2 nitrogen and oxygen atoms in total. The number of thioether (sulfide) groups is 1. The molecule has 0 bridgehead atoms. The van der Waals surface area contributed by atoms with Crippen LogP contribution in [0.15, 0.2) is 29.2 Å². The van der Waals surface area contributed by atoms with E-state index >= 15 is 0 Å². The lowest BCUT2D eigenvalue weighted by atomic mass is 10.2. The van der Waals surface area contributed by atoms with Gasteiger partial charge in [0.05, 0.1) is 0 Å². The van der Waals surface area contributed by atoms with Crippen molar-refractivity contribution in [1.29, 1.82) is 0 Å². The molecular formula is C11H17ClN2S. The van der Waals surface area contributed by atoms with Crippen LogP contribution in [0.4, 0.5) is 5.69 Å². The number of rotatable bonds is 2. The molecule has 0 amide bonds. The molecule has 0 spiro atoms. The van der Waals surface area contributed by atoms with Gasteiger partial charge in [0, 0.05) is 36.8 Å². The molecule has 1 aliphatic heterocycles. The standard InChI is InChI=1S/C11H16N2S.ClH/c1-14-11-4-2-3-10(9-11)13-7-5-12-6-8-13;/h2-4,9,12H,5-8H2,1H3;1H. The van der Waals surface area contributed by atoms with E-state index in [0.29, 0.717) is 0 Å². The topological polar surface area (TPSA) is 15.3 Å². The Morgan fingerprint density at radius 2 is 2.00 bits per heavy atom. The van der Waals surface area contributed by atoms with Crippen molar-refractivity contribution in [2.24, 2.45) is 0 Å². The van der Waals surface area contributed by atoms with E-state index in [9.17, 15) is 0 Å². The first-order valence-electron chi connectivity index (χ1n) is 5.00. The summed E-state index contributed by atoms with van der Waals surface area (Å²) in [5.41, 5.74) is 1.36. The van der Waals surface area contributed by atoms with Gasteiger partial charge in [0.2, 0.25) is 0 Å². The Balaban J connectivity index is 0.00000112. The van der Waals surface area contributed by atoms with Crippen LogP contribution < -0.4 is 10.2 Å². The smallest absolute Gasteiger partial charge is 0.0378 e. The van der Waals surface area contributed by atoms with E-state index < -0.39 is 0 Å². The van der Waals surface area contributed by atoms with E-state index in [0.717, 1.165) is 26.2 Å². The fourth-order valence-corrected chi connectivity index (χ4v) is 2.18. The second-order valence-corrected chi connectivity index (χ2v) is 4.32. The third-order valence-corrected chi connectivity index (χ3v) is 3.26. The monoisotopic (exact) mass is 244 g/mol. The average molecular weight is 245 g/mol. The highest BCUT2D eigenvalue weighted by Gasteiger charge is 2.09. The highest BCUT2D eigenvalue weighted by atomic mass is 35.5. The van der Waals surface area contributed by atoms with Crippen LogP contribution in [-0.2, 0) is 0 Å². The number of hydrogen-bond donors (Lipinski definition) is 1. The van der Waals surface area contributed by atoms with Crippen LogP contribution in [0.1, 0.15) is 0 Å². The quantitative estimate of drug-likeness (QED) is 0.804. The second kappa shape index (κ2) is 6.26. The van der Waals surface area contributed by atoms with Crippen LogP contribution in [0.25, 0.3) is 0 Å². The third-order valence-electron chi connectivity index (χ3n) is 2.54. The van der Waals surface area contributed by atoms with Crippen molar-refractivity contribution in [1.82, 2.24) is 5.32 Å². The van der Waals surface area contributed by atoms with Gasteiger partial charge in [-0.1, -0.05) is 6.07 Å². The molecule has 1 fully saturated rings. The molecule has 2 rings (SSSR count). The van der Waals surface area contributed by atoms with Gasteiger partial charge in [-0.15, -0.1) is 24.2 Å². The van der Waals surface area contributed by atoms with Crippen molar-refractivity contribution in [3.8, 4) is 0 Å². The summed E-state index contributed by atoms with van der Waals surface area (Å²) in [5.74, 6) is 0. The number of piperazine rings is 1. The maximum absolute atomic E-state index is 3.37. The molecule has 1 aliphatic rings. The van der Waals surface area contributed by atoms with E-state index in [1.54, 1.807) is 11.8 Å². The molecule has 0 aliphatic carbocycles. The van der Waals surface area contributed by atoms with Crippen LogP contribution >= 0.6 is 24.2 Å². The molecule has 0 atom stereocenters. The van der Waals surface area contributed by atoms with E-state index in [1.165, 1.54) is 10.6 Å². The highest BCUT2D eigenvalue weighted by Crippen LogP contribution is 2.22. The molecule has 1 saturated heterocycles. The zero-order chi connectivity index (χ0) is 9.80. The Kier molecular flexibility index (Phi) is 5.29. The Labute approximate surface area is 102 Å². The van der Waals surface area contributed by atoms with Crippen molar-refractivity contribution in [3.05, 3.63) is 24.3 Å². The van der Waals surface area contributed by atoms with Crippen molar-refractivity contribution in [2.45, 2.75) is 4.90 Å². The Hall–Kier alpha value is -0.380. The molecule has 84 valence electrons. The fourth-order valence-electron chi connectivity index (χ4n) is 1.73. The minimum Gasteiger partial charge on any atom is -0.369 e. The first-order chi connectivity index (χ1) is 6.90. The van der Waals surface area contributed by atoms with Gasteiger partial charge in [-0.2, -0.15) is 0 Å². The van der Waals surface area contributed by atoms with E-state index in [1.807, 2.05) is 0 Å². The zero-order valence-electron chi connectivity index (χ0n) is 8.90. The number of hydrogen-bond acceptors (Lipinski definition) is 3. The number of nitrogens with one attached hydrogen (secondary N) is 1. The summed E-state index contributed by atoms with van der Waals surface area (Å²) < 4.78 is 0. The molecule has 1 heterocycles. The zero-order valence-corrected chi connectivity index (χ0v) is 10.5. The largest absolute Gasteiger partial charge is 0.369 e. The lowest BCUT2D eigenvalue weighted by molar-refractivity contribution is 0.589. The summed E-state index contributed by atoms with van der Waals surface area (Å²) in [6.07, 6.45) is 2.12. The number of nitrogens with zero attached hydrogens (tertiary/aromatic N) is 1. The van der Waals surface area contributed by atoms with Gasteiger partial charge in [0.25, 0.3) is 0 Å². The average Bonchev–Trinajstić information content (AvgIpc) is 2.30. The molecule has 1 aromatic carbocycles. The minimum absolute atomic E-state index is 0. The summed E-state index contributed by atoms with van der Waals surface area (Å²) in [5, 5.41) is 3.37. The fraction of sp³-hybridized carbons (Fsp3) is 0.455. The molecule has 15 heavy (non-hydrogen) atoms. The van der Waals surface area contributed by atoms with Gasteiger partial charge < -0.3 is 10.2 Å². The van der Waals surface area contributed by atoms with Crippen molar-refractivity contribution in [3.63, 3.8) is 0 Å². The van der Waals surface area contributed by atoms with E-state index in [4.69, 9.17) is 0 Å². The molecule has 0 radical (unpaired) electrons. The highest BCUT2D eigenvalue weighted by molar-refractivity contribution is 7.98. The van der Waals surface area contributed by atoms with Gasteiger partial charge in [0.15, 0.2) is 0 Å². The SMILES string of the molecule is CSc1cccc(N2CCNCC2)c1.Cl. The lowest BCUT2D eigenvalue weighted by Crippen LogP contribution is -2.43. The van der Waals surface area contributed by atoms with Crippen molar-refractivity contribution >= 4 is 29.9 Å². The van der Waals surface area contributed by atoms with Crippen molar-refractivity contribution in [2.75, 3.05) is 37.3 Å². The number of halogens is 1. The molecule has 0 saturated carbocycles. The Morgan fingerprint density at radius 1 is 1.27 bits per heavy atom. The summed E-state index contributed by atoms with van der Waals surface area (Å²) in [6, 6.07) is 8.78. The van der Waals surface area contributed by atoms with Crippen LogP contribution in [0, 0.1) is 0 Å². The van der Waals surface area contributed by atoms with Crippen LogP contribution in [0.3, 0.4) is 0 Å². The van der Waals surface area contributed by atoms with Crippen molar-refractivity contribution < 1.29 is 0 Å². The molecule has 4 heteroatoms. The van der Waals surface area contributed by atoms with Gasteiger partial charge in [0.1, 0.15) is 0 Å².